The van der Waals surface area contributed by atoms with Gasteiger partial charge in [-0.2, -0.15) is 0 Å². The van der Waals surface area contributed by atoms with Gasteiger partial charge >= 0.3 is 0 Å². The number of aliphatic hydroxyl groups is 1. The summed E-state index contributed by atoms with van der Waals surface area (Å²) in [5.74, 6) is 1.91. The van der Waals surface area contributed by atoms with Crippen LogP contribution in [0.15, 0.2) is 21.5 Å². The van der Waals surface area contributed by atoms with E-state index in [9.17, 15) is 5.11 Å². The molecule has 3 N–H and O–H groups in total. The van der Waals surface area contributed by atoms with Gasteiger partial charge in [0.2, 0.25) is 0 Å². The number of hydrogen-bond donors (Lipinski definition) is 3. The summed E-state index contributed by atoms with van der Waals surface area (Å²) in [5, 5.41) is 16.8. The van der Waals surface area contributed by atoms with Gasteiger partial charge in [0, 0.05) is 20.2 Å². The number of guanidine groups is 1. The highest BCUT2D eigenvalue weighted by molar-refractivity contribution is 5.79. The molecule has 0 radical (unpaired) electrons. The van der Waals surface area contributed by atoms with E-state index in [-0.39, 0.29) is 6.54 Å². The lowest BCUT2D eigenvalue weighted by atomic mass is 10.0. The van der Waals surface area contributed by atoms with Gasteiger partial charge in [-0.3, -0.25) is 0 Å². The molecule has 1 aromatic heterocycles. The molecule has 0 amide bonds. The van der Waals surface area contributed by atoms with Crippen molar-refractivity contribution in [3.8, 4) is 0 Å². The lowest BCUT2D eigenvalue weighted by Crippen LogP contribution is -2.40. The maximum Gasteiger partial charge on any atom is 0.191 e. The Hall–Kier alpha value is -1.57. The molecule has 1 atom stereocenters. The van der Waals surface area contributed by atoms with E-state index >= 15 is 0 Å². The van der Waals surface area contributed by atoms with Crippen LogP contribution in [0.1, 0.15) is 25.4 Å². The third-order valence-corrected chi connectivity index (χ3v) is 3.13. The van der Waals surface area contributed by atoms with Crippen LogP contribution in [-0.2, 0) is 15.1 Å². The predicted molar refractivity (Wildman–Crippen MR) is 89.7 cm³/mol. The zero-order chi connectivity index (χ0) is 17.1. The van der Waals surface area contributed by atoms with Crippen LogP contribution in [0.25, 0.3) is 0 Å². The molecule has 7 heteroatoms. The smallest absolute Gasteiger partial charge is 0.191 e. The molecule has 0 saturated carbocycles. The summed E-state index contributed by atoms with van der Waals surface area (Å²) >= 11 is 0. The highest BCUT2D eigenvalue weighted by Crippen LogP contribution is 2.22. The molecule has 0 saturated heterocycles. The molecule has 0 spiro atoms. The van der Waals surface area contributed by atoms with Crippen LogP contribution in [0.5, 0.6) is 0 Å². The van der Waals surface area contributed by atoms with E-state index in [2.05, 4.69) is 15.6 Å². The standard InChI is InChI=1S/C16H29N3O4/c1-5-17-15(18-8-9-22-11-10-21-4)19-12-16(3,20)14-7-6-13(2)23-14/h6-7,20H,5,8-12H2,1-4H3,(H2,17,18,19). The average Bonchev–Trinajstić information content (AvgIpc) is 2.95. The Morgan fingerprint density at radius 3 is 2.70 bits per heavy atom. The second kappa shape index (κ2) is 10.3. The number of methoxy groups -OCH3 is 1. The summed E-state index contributed by atoms with van der Waals surface area (Å²) in [6, 6.07) is 3.60. The Morgan fingerprint density at radius 2 is 2.09 bits per heavy atom. The summed E-state index contributed by atoms with van der Waals surface area (Å²) in [7, 11) is 1.64. The van der Waals surface area contributed by atoms with E-state index in [4.69, 9.17) is 13.9 Å². The minimum Gasteiger partial charge on any atom is -0.463 e. The maximum atomic E-state index is 10.5. The first-order chi connectivity index (χ1) is 11.0. The van der Waals surface area contributed by atoms with E-state index in [0.29, 0.717) is 38.1 Å². The molecule has 1 aromatic rings. The zero-order valence-electron chi connectivity index (χ0n) is 14.5. The van der Waals surface area contributed by atoms with Crippen LogP contribution < -0.4 is 10.6 Å². The molecule has 0 fully saturated rings. The monoisotopic (exact) mass is 327 g/mol. The molecule has 1 heterocycles. The second-order valence-electron chi connectivity index (χ2n) is 5.41. The number of ether oxygens (including phenoxy) is 2. The fraction of sp³-hybridized carbons (Fsp3) is 0.688. The molecule has 1 unspecified atom stereocenters. The van der Waals surface area contributed by atoms with E-state index in [1.165, 1.54) is 0 Å². The van der Waals surface area contributed by atoms with Crippen LogP contribution in [-0.4, -0.2) is 57.6 Å². The Morgan fingerprint density at radius 1 is 1.30 bits per heavy atom. The SMILES string of the molecule is CCNC(=NCC(C)(O)c1ccc(C)o1)NCCOCCOC. The minimum atomic E-state index is -1.15. The number of rotatable bonds is 10. The molecule has 0 aliphatic heterocycles. The van der Waals surface area contributed by atoms with Crippen LogP contribution >= 0.6 is 0 Å². The van der Waals surface area contributed by atoms with Gasteiger partial charge in [0.25, 0.3) is 0 Å². The van der Waals surface area contributed by atoms with Gasteiger partial charge in [-0.05, 0) is 32.9 Å². The Bertz CT molecular complexity index is 472. The van der Waals surface area contributed by atoms with Gasteiger partial charge in [-0.15, -0.1) is 0 Å². The summed E-state index contributed by atoms with van der Waals surface area (Å²) in [6.45, 7) is 8.78. The van der Waals surface area contributed by atoms with E-state index in [0.717, 1.165) is 12.3 Å². The van der Waals surface area contributed by atoms with Crippen molar-refractivity contribution in [1.29, 1.82) is 0 Å². The molecule has 0 aliphatic rings. The van der Waals surface area contributed by atoms with Crippen LogP contribution in [0.3, 0.4) is 0 Å². The molecule has 7 nitrogen and oxygen atoms in total. The van der Waals surface area contributed by atoms with Crippen molar-refractivity contribution in [2.75, 3.05) is 46.6 Å². The summed E-state index contributed by atoms with van der Waals surface area (Å²) < 4.78 is 15.8. The third kappa shape index (κ3) is 7.49. The maximum absolute atomic E-state index is 10.5. The minimum absolute atomic E-state index is 0.194. The molecular formula is C16H29N3O4. The molecule has 1 rings (SSSR count). The van der Waals surface area contributed by atoms with Crippen LogP contribution in [0, 0.1) is 6.92 Å². The number of hydrogen-bond acceptors (Lipinski definition) is 5. The summed E-state index contributed by atoms with van der Waals surface area (Å²) in [5.41, 5.74) is -1.15. The van der Waals surface area contributed by atoms with Gasteiger partial charge in [0.05, 0.1) is 26.4 Å². The van der Waals surface area contributed by atoms with Gasteiger partial charge in [0.15, 0.2) is 5.96 Å². The first-order valence-corrected chi connectivity index (χ1v) is 7.87. The van der Waals surface area contributed by atoms with E-state index in [1.54, 1.807) is 20.1 Å². The molecular weight excluding hydrogens is 298 g/mol. The predicted octanol–water partition coefficient (Wildman–Crippen LogP) is 1.01. The van der Waals surface area contributed by atoms with Crippen LogP contribution in [0.2, 0.25) is 0 Å². The average molecular weight is 327 g/mol. The first kappa shape index (κ1) is 19.5. The topological polar surface area (TPSA) is 88.3 Å². The highest BCUT2D eigenvalue weighted by Gasteiger charge is 2.26. The fourth-order valence-electron chi connectivity index (χ4n) is 1.86. The normalized spacial score (nSPS) is 14.6. The van der Waals surface area contributed by atoms with Crippen molar-refractivity contribution in [1.82, 2.24) is 10.6 Å². The van der Waals surface area contributed by atoms with E-state index in [1.807, 2.05) is 19.9 Å². The summed E-state index contributed by atoms with van der Waals surface area (Å²) in [6.07, 6.45) is 0. The second-order valence-corrected chi connectivity index (χ2v) is 5.41. The van der Waals surface area contributed by atoms with Crippen molar-refractivity contribution in [2.45, 2.75) is 26.4 Å². The van der Waals surface area contributed by atoms with Gasteiger partial charge in [-0.25, -0.2) is 4.99 Å². The molecule has 0 bridgehead atoms. The molecule has 132 valence electrons. The largest absolute Gasteiger partial charge is 0.463 e. The zero-order valence-corrected chi connectivity index (χ0v) is 14.5. The molecule has 0 aromatic carbocycles. The lowest BCUT2D eigenvalue weighted by Gasteiger charge is -2.19. The quantitative estimate of drug-likeness (QED) is 0.338. The van der Waals surface area contributed by atoms with Crippen molar-refractivity contribution in [2.24, 2.45) is 4.99 Å². The third-order valence-electron chi connectivity index (χ3n) is 3.13. The van der Waals surface area contributed by atoms with E-state index < -0.39 is 5.60 Å². The number of furan rings is 1. The first-order valence-electron chi connectivity index (χ1n) is 7.87. The molecule has 23 heavy (non-hydrogen) atoms. The summed E-state index contributed by atoms with van der Waals surface area (Å²) in [4.78, 5) is 4.41. The van der Waals surface area contributed by atoms with Crippen molar-refractivity contribution in [3.63, 3.8) is 0 Å². The van der Waals surface area contributed by atoms with Crippen molar-refractivity contribution >= 4 is 5.96 Å². The Balaban J connectivity index is 2.47. The number of nitrogens with zero attached hydrogens (tertiary/aromatic N) is 1. The van der Waals surface area contributed by atoms with Gasteiger partial charge in [0.1, 0.15) is 17.1 Å². The lowest BCUT2D eigenvalue weighted by molar-refractivity contribution is 0.0428. The van der Waals surface area contributed by atoms with Gasteiger partial charge in [-0.1, -0.05) is 0 Å². The number of aryl methyl sites for hydroxylation is 1. The van der Waals surface area contributed by atoms with Crippen molar-refractivity contribution < 1.29 is 19.0 Å². The Labute approximate surface area is 138 Å². The highest BCUT2D eigenvalue weighted by atomic mass is 16.5. The Kier molecular flexibility index (Phi) is 8.68. The number of nitrogens with one attached hydrogen (secondary N) is 2. The van der Waals surface area contributed by atoms with Crippen LogP contribution in [0.4, 0.5) is 0 Å². The molecule has 0 aliphatic carbocycles. The fourth-order valence-corrected chi connectivity index (χ4v) is 1.86. The number of aliphatic imine (C=N–C) groups is 1. The van der Waals surface area contributed by atoms with Crippen molar-refractivity contribution in [3.05, 3.63) is 23.7 Å². The van der Waals surface area contributed by atoms with Gasteiger partial charge < -0.3 is 29.6 Å².